The van der Waals surface area contributed by atoms with Crippen LogP contribution in [0.3, 0.4) is 0 Å². The molecule has 0 aliphatic carbocycles. The smallest absolute Gasteiger partial charge is 0.323 e. The molecule has 0 saturated carbocycles. The van der Waals surface area contributed by atoms with Crippen LogP contribution < -0.4 is 0 Å². The molecule has 346 valence electrons. The van der Waals surface area contributed by atoms with Crippen molar-refractivity contribution in [3.8, 4) is 0 Å². The van der Waals surface area contributed by atoms with Crippen molar-refractivity contribution in [2.24, 2.45) is 0 Å². The maximum atomic E-state index is 14.1. The zero-order valence-electron chi connectivity index (χ0n) is 35.6. The number of aliphatic hydroxyl groups excluding tert-OH is 7. The van der Waals surface area contributed by atoms with Crippen LogP contribution in [-0.2, 0) is 38.4 Å². The minimum Gasteiger partial charge on any atom is -0.480 e. The van der Waals surface area contributed by atoms with Crippen molar-refractivity contribution in [2.75, 3.05) is 121 Å². The largest absolute Gasteiger partial charge is 0.480 e. The zero-order chi connectivity index (χ0) is 46.0. The van der Waals surface area contributed by atoms with Gasteiger partial charge in [0.1, 0.15) is 37.9 Å². The first-order valence-electron chi connectivity index (χ1n) is 19.4. The summed E-state index contributed by atoms with van der Waals surface area (Å²) in [7, 11) is 9.64. The molecule has 24 nitrogen and oxygen atoms in total. The summed E-state index contributed by atoms with van der Waals surface area (Å²) in [6.07, 6.45) is -10.7. The number of rotatable bonds is 20. The molecule has 7 atom stereocenters. The molecule has 1 heterocycles. The second-order valence-electron chi connectivity index (χ2n) is 15.3. The van der Waals surface area contributed by atoms with Gasteiger partial charge in [-0.2, -0.15) is 0 Å². The quantitative estimate of drug-likeness (QED) is 0.0564. The Kier molecular flexibility index (Phi) is 23.6. The van der Waals surface area contributed by atoms with Crippen LogP contribution in [0.4, 0.5) is 0 Å². The first-order chi connectivity index (χ1) is 27.9. The van der Waals surface area contributed by atoms with Gasteiger partial charge in [-0.25, -0.2) is 5.06 Å². The molecule has 0 spiro atoms. The highest BCUT2D eigenvalue weighted by Gasteiger charge is 2.38. The number of carboxylic acids is 1. The summed E-state index contributed by atoms with van der Waals surface area (Å²) in [5, 5.41) is 82.5. The fourth-order valence-corrected chi connectivity index (χ4v) is 6.10. The molecule has 0 bridgehead atoms. The second kappa shape index (κ2) is 26.3. The van der Waals surface area contributed by atoms with Gasteiger partial charge in [0.25, 0.3) is 5.91 Å². The number of β-amino-alcohol motifs (C(OH)–C–C–N with tert-alkyl or cyclic N) is 2. The lowest BCUT2D eigenvalue weighted by molar-refractivity contribution is -0.244. The zero-order valence-corrected chi connectivity index (χ0v) is 35.6. The van der Waals surface area contributed by atoms with E-state index in [9.17, 15) is 69.3 Å². The maximum absolute atomic E-state index is 14.1. The molecule has 6 amide bonds. The molecule has 1 aliphatic heterocycles. The van der Waals surface area contributed by atoms with E-state index >= 15 is 0 Å². The molecule has 7 unspecified atom stereocenters. The Bertz CT molecular complexity index is 1430. The average molecular weight is 867 g/mol. The Morgan fingerprint density at radius 1 is 0.767 bits per heavy atom. The predicted molar refractivity (Wildman–Crippen MR) is 209 cm³/mol. The van der Waals surface area contributed by atoms with Gasteiger partial charge in [-0.15, -0.1) is 0 Å². The minimum atomic E-state index is -1.75. The topological polar surface area (TPSA) is 316 Å². The van der Waals surface area contributed by atoms with E-state index in [2.05, 4.69) is 0 Å². The molecular formula is C36H66N8O16. The van der Waals surface area contributed by atoms with Gasteiger partial charge in [-0.1, -0.05) is 0 Å². The molecule has 0 radical (unpaired) electrons. The Labute approximate surface area is 349 Å². The Morgan fingerprint density at radius 3 is 1.85 bits per heavy atom. The highest BCUT2D eigenvalue weighted by atomic mass is 16.7. The lowest BCUT2D eigenvalue weighted by Gasteiger charge is -2.36. The van der Waals surface area contributed by atoms with Crippen LogP contribution in [0.5, 0.6) is 0 Å². The summed E-state index contributed by atoms with van der Waals surface area (Å²) in [5.41, 5.74) is 0. The molecule has 0 aromatic heterocycles. The van der Waals surface area contributed by atoms with E-state index in [1.54, 1.807) is 19.0 Å². The summed E-state index contributed by atoms with van der Waals surface area (Å²) < 4.78 is 0. The van der Waals surface area contributed by atoms with Gasteiger partial charge in [0, 0.05) is 61.5 Å². The van der Waals surface area contributed by atoms with Crippen LogP contribution in [0.15, 0.2) is 0 Å². The molecule has 0 aromatic carbocycles. The van der Waals surface area contributed by atoms with E-state index in [-0.39, 0.29) is 38.8 Å². The lowest BCUT2D eigenvalue weighted by Crippen LogP contribution is -2.55. The van der Waals surface area contributed by atoms with Gasteiger partial charge in [-0.3, -0.25) is 43.3 Å². The number of aliphatic carboxylic acids is 1. The minimum absolute atomic E-state index is 0.0512. The number of carbonyl (C=O) groups excluding carboxylic acids is 6. The molecule has 8 N–H and O–H groups in total. The fraction of sp³-hybridized carbons (Fsp3) is 0.806. The maximum Gasteiger partial charge on any atom is 0.323 e. The van der Waals surface area contributed by atoms with Crippen molar-refractivity contribution >= 4 is 41.4 Å². The number of hydroxylamine groups is 2. The highest BCUT2D eigenvalue weighted by molar-refractivity contribution is 5.93. The Balaban J connectivity index is 3.64. The molecule has 1 saturated heterocycles. The van der Waals surface area contributed by atoms with E-state index in [1.165, 1.54) is 40.1 Å². The van der Waals surface area contributed by atoms with Crippen LogP contribution >= 0.6 is 0 Å². The summed E-state index contributed by atoms with van der Waals surface area (Å²) in [4.78, 5) is 105. The van der Waals surface area contributed by atoms with Gasteiger partial charge in [-0.05, 0) is 46.3 Å². The first kappa shape index (κ1) is 53.9. The molecular weight excluding hydrogens is 800 g/mol. The van der Waals surface area contributed by atoms with Gasteiger partial charge in [0.15, 0.2) is 0 Å². The van der Waals surface area contributed by atoms with Crippen molar-refractivity contribution in [3.05, 3.63) is 0 Å². The first-order valence-corrected chi connectivity index (χ1v) is 19.4. The summed E-state index contributed by atoms with van der Waals surface area (Å²) in [5.74, 6) is -5.74. The van der Waals surface area contributed by atoms with E-state index < -0.39 is 143 Å². The molecule has 24 heteroatoms. The van der Waals surface area contributed by atoms with Gasteiger partial charge >= 0.3 is 5.97 Å². The van der Waals surface area contributed by atoms with Crippen molar-refractivity contribution in [1.29, 1.82) is 0 Å². The monoisotopic (exact) mass is 866 g/mol. The number of amides is 6. The van der Waals surface area contributed by atoms with Gasteiger partial charge in [0.2, 0.25) is 29.5 Å². The van der Waals surface area contributed by atoms with Crippen LogP contribution in [0.25, 0.3) is 0 Å². The molecule has 0 aromatic rings. The number of likely N-dealkylation sites (N-methyl/N-ethyl adjacent to an activating group) is 6. The van der Waals surface area contributed by atoms with E-state index in [0.29, 0.717) is 5.06 Å². The van der Waals surface area contributed by atoms with Crippen LogP contribution in [0.2, 0.25) is 0 Å². The molecule has 1 aliphatic rings. The molecule has 1 rings (SSSR count). The standard InChI is InChI=1S/C36H66N8O16/c1-37(2)17-28(51)39(4)20-32(55)44-21-31(54)42(7)23(36(59)41(6)19-30(53)38(3)18-29(52)40(5)22-33(56)57)9-8-12-43(15-26(49)34(58)24(47)10-13-45)16-27(50)35(60-44)25(48)11-14-46/h23-27,34-35,45-50,58H,8-22H2,1-7H3,(H,56,57). The van der Waals surface area contributed by atoms with Gasteiger partial charge < -0.3 is 70.3 Å². The third kappa shape index (κ3) is 17.9. The fourth-order valence-electron chi connectivity index (χ4n) is 6.10. The SMILES string of the molecule is CN(C)CC(=O)N(C)CC(=O)N1CC(=O)N(C)C(C(=O)N(C)CC(=O)N(C)CC(=O)N(C)CC(=O)O)CCCN(CC(O)C(O)C(O)CCO)CC(O)C(C(O)CCO)O1. The van der Waals surface area contributed by atoms with Gasteiger partial charge in [0.05, 0.1) is 44.1 Å². The van der Waals surface area contributed by atoms with E-state index in [4.69, 9.17) is 9.94 Å². The summed E-state index contributed by atoms with van der Waals surface area (Å²) >= 11 is 0. The summed E-state index contributed by atoms with van der Waals surface area (Å²) in [6, 6.07) is -1.32. The summed E-state index contributed by atoms with van der Waals surface area (Å²) in [6.45, 7) is -5.28. The number of aliphatic hydroxyl groups is 7. The third-order valence-electron chi connectivity index (χ3n) is 9.79. The van der Waals surface area contributed by atoms with Crippen LogP contribution in [-0.4, -0.2) is 286 Å². The van der Waals surface area contributed by atoms with Crippen molar-refractivity contribution in [2.45, 2.75) is 68.3 Å². The Hall–Kier alpha value is -4.11. The molecule has 1 fully saturated rings. The Morgan fingerprint density at radius 2 is 1.30 bits per heavy atom. The van der Waals surface area contributed by atoms with Crippen LogP contribution in [0, 0.1) is 0 Å². The normalized spacial score (nSPS) is 20.5. The lowest BCUT2D eigenvalue weighted by atomic mass is 10.0. The average Bonchev–Trinajstić information content (AvgIpc) is 3.16. The van der Waals surface area contributed by atoms with E-state index in [1.807, 2.05) is 0 Å². The number of carbonyl (C=O) groups is 7. The van der Waals surface area contributed by atoms with Crippen molar-refractivity contribution in [1.82, 2.24) is 39.4 Å². The molecule has 60 heavy (non-hydrogen) atoms. The van der Waals surface area contributed by atoms with E-state index in [0.717, 1.165) is 24.5 Å². The second-order valence-corrected chi connectivity index (χ2v) is 15.3. The third-order valence-corrected chi connectivity index (χ3v) is 9.79. The van der Waals surface area contributed by atoms with Crippen molar-refractivity contribution in [3.63, 3.8) is 0 Å². The number of carboxylic acid groups (broad SMARTS) is 1. The predicted octanol–water partition coefficient (Wildman–Crippen LogP) is -6.91. The van der Waals surface area contributed by atoms with Crippen molar-refractivity contribution < 1.29 is 79.3 Å². The number of nitrogens with zero attached hydrogens (tertiary/aromatic N) is 8. The number of hydrogen-bond donors (Lipinski definition) is 8. The van der Waals surface area contributed by atoms with Crippen LogP contribution in [0.1, 0.15) is 25.7 Å². The number of hydrogen-bond acceptors (Lipinski definition) is 17. The highest BCUT2D eigenvalue weighted by Crippen LogP contribution is 2.19.